The predicted octanol–water partition coefficient (Wildman–Crippen LogP) is 1.17. The minimum Gasteiger partial charge on any atom is -0.454 e. The van der Waals surface area contributed by atoms with E-state index in [0.29, 0.717) is 19.0 Å². The zero-order chi connectivity index (χ0) is 13.1. The van der Waals surface area contributed by atoms with E-state index in [4.69, 9.17) is 9.47 Å². The second-order valence-corrected chi connectivity index (χ2v) is 4.94. The smallest absolute Gasteiger partial charge is 0.231 e. The minimum atomic E-state index is 0.0748. The van der Waals surface area contributed by atoms with Gasteiger partial charge in [0.1, 0.15) is 0 Å². The summed E-state index contributed by atoms with van der Waals surface area (Å²) in [5.74, 6) is 1.59. The molecule has 1 aliphatic heterocycles. The van der Waals surface area contributed by atoms with E-state index in [1.807, 2.05) is 18.2 Å². The van der Waals surface area contributed by atoms with Crippen molar-refractivity contribution < 1.29 is 14.3 Å². The molecule has 5 heteroatoms. The quantitative estimate of drug-likeness (QED) is 0.808. The third-order valence-electron chi connectivity index (χ3n) is 3.29. The molecule has 1 fully saturated rings. The minimum absolute atomic E-state index is 0.0748. The molecule has 1 saturated carbocycles. The lowest BCUT2D eigenvalue weighted by Crippen LogP contribution is -2.28. The van der Waals surface area contributed by atoms with Crippen LogP contribution in [0, 0.1) is 0 Å². The number of carbonyl (C=O) groups is 1. The van der Waals surface area contributed by atoms with Gasteiger partial charge in [-0.2, -0.15) is 0 Å². The van der Waals surface area contributed by atoms with E-state index in [1.54, 1.807) is 0 Å². The van der Waals surface area contributed by atoms with Gasteiger partial charge in [-0.15, -0.1) is 0 Å². The van der Waals surface area contributed by atoms with Crippen molar-refractivity contribution in [2.45, 2.75) is 31.8 Å². The van der Waals surface area contributed by atoms with Gasteiger partial charge >= 0.3 is 0 Å². The molecule has 1 aromatic rings. The fourth-order valence-electron chi connectivity index (χ4n) is 2.02. The Morgan fingerprint density at radius 1 is 1.26 bits per heavy atom. The van der Waals surface area contributed by atoms with Crippen LogP contribution in [0.4, 0.5) is 0 Å². The fourth-order valence-corrected chi connectivity index (χ4v) is 2.02. The Bertz CT molecular complexity index is 472. The number of hydrogen-bond donors (Lipinski definition) is 2. The molecule has 19 heavy (non-hydrogen) atoms. The summed E-state index contributed by atoms with van der Waals surface area (Å²) < 4.78 is 10.5. The Balaban J connectivity index is 1.42. The molecule has 1 amide bonds. The van der Waals surface area contributed by atoms with Crippen LogP contribution in [-0.4, -0.2) is 25.3 Å². The Morgan fingerprint density at radius 3 is 2.95 bits per heavy atom. The monoisotopic (exact) mass is 262 g/mol. The van der Waals surface area contributed by atoms with Gasteiger partial charge in [-0.3, -0.25) is 4.79 Å². The Kier molecular flexibility index (Phi) is 3.55. The van der Waals surface area contributed by atoms with Crippen LogP contribution in [0.25, 0.3) is 0 Å². The predicted molar refractivity (Wildman–Crippen MR) is 70.1 cm³/mol. The number of carbonyl (C=O) groups excluding carboxylic acids is 1. The first-order chi connectivity index (χ1) is 9.31. The molecule has 1 aliphatic carbocycles. The number of hydrogen-bond acceptors (Lipinski definition) is 4. The third kappa shape index (κ3) is 3.38. The second-order valence-electron chi connectivity index (χ2n) is 4.94. The number of rotatable bonds is 6. The highest BCUT2D eigenvalue weighted by Crippen LogP contribution is 2.32. The average molecular weight is 262 g/mol. The van der Waals surface area contributed by atoms with E-state index in [2.05, 4.69) is 10.6 Å². The molecule has 0 bridgehead atoms. The summed E-state index contributed by atoms with van der Waals surface area (Å²) in [7, 11) is 0. The van der Waals surface area contributed by atoms with Crippen LogP contribution in [0.2, 0.25) is 0 Å². The topological polar surface area (TPSA) is 59.6 Å². The van der Waals surface area contributed by atoms with Gasteiger partial charge < -0.3 is 20.1 Å². The maximum absolute atomic E-state index is 11.6. The van der Waals surface area contributed by atoms with Crippen molar-refractivity contribution in [3.63, 3.8) is 0 Å². The van der Waals surface area contributed by atoms with Gasteiger partial charge in [-0.25, -0.2) is 0 Å². The lowest BCUT2D eigenvalue weighted by Gasteiger charge is -2.06. The van der Waals surface area contributed by atoms with Crippen molar-refractivity contribution in [1.82, 2.24) is 10.6 Å². The Hall–Kier alpha value is -1.75. The van der Waals surface area contributed by atoms with Crippen molar-refractivity contribution >= 4 is 5.91 Å². The largest absolute Gasteiger partial charge is 0.454 e. The van der Waals surface area contributed by atoms with Crippen LogP contribution in [-0.2, 0) is 11.3 Å². The summed E-state index contributed by atoms with van der Waals surface area (Å²) in [6.45, 7) is 1.56. The first-order valence-electron chi connectivity index (χ1n) is 6.70. The zero-order valence-electron chi connectivity index (χ0n) is 10.8. The molecule has 0 aromatic heterocycles. The molecule has 2 N–H and O–H groups in total. The van der Waals surface area contributed by atoms with Crippen LogP contribution in [0.5, 0.6) is 11.5 Å². The first kappa shape index (κ1) is 12.3. The van der Waals surface area contributed by atoms with E-state index in [0.717, 1.165) is 23.6 Å². The summed E-state index contributed by atoms with van der Waals surface area (Å²) in [4.78, 5) is 11.6. The van der Waals surface area contributed by atoms with Crippen LogP contribution in [0.3, 0.4) is 0 Å². The van der Waals surface area contributed by atoms with Crippen LogP contribution >= 0.6 is 0 Å². The summed E-state index contributed by atoms with van der Waals surface area (Å²) >= 11 is 0. The molecule has 102 valence electrons. The van der Waals surface area contributed by atoms with Crippen LogP contribution in [0.1, 0.15) is 24.8 Å². The summed E-state index contributed by atoms with van der Waals surface area (Å²) in [5.41, 5.74) is 1.02. The zero-order valence-corrected chi connectivity index (χ0v) is 10.8. The van der Waals surface area contributed by atoms with E-state index < -0.39 is 0 Å². The van der Waals surface area contributed by atoms with Crippen molar-refractivity contribution in [1.29, 1.82) is 0 Å². The van der Waals surface area contributed by atoms with Crippen molar-refractivity contribution in [2.75, 3.05) is 13.3 Å². The molecule has 0 atom stereocenters. The summed E-state index contributed by atoms with van der Waals surface area (Å²) in [6.07, 6.45) is 3.03. The molecule has 1 aromatic carbocycles. The van der Waals surface area contributed by atoms with Gasteiger partial charge in [0.15, 0.2) is 11.5 Å². The molecule has 5 nitrogen and oxygen atoms in total. The molecular formula is C14H18N2O3. The van der Waals surface area contributed by atoms with Gasteiger partial charge in [0.2, 0.25) is 12.7 Å². The number of amides is 1. The highest BCUT2D eigenvalue weighted by molar-refractivity contribution is 5.76. The Labute approximate surface area is 112 Å². The van der Waals surface area contributed by atoms with E-state index in [1.165, 1.54) is 12.8 Å². The maximum Gasteiger partial charge on any atom is 0.231 e. The SMILES string of the molecule is O=C(CCNC1CC1)NCc1ccc2c(c1)OCO2. The fraction of sp³-hybridized carbons (Fsp3) is 0.500. The van der Waals surface area contributed by atoms with Crippen LogP contribution < -0.4 is 20.1 Å². The van der Waals surface area contributed by atoms with Crippen molar-refractivity contribution in [2.24, 2.45) is 0 Å². The number of nitrogens with one attached hydrogen (secondary N) is 2. The molecule has 0 spiro atoms. The second kappa shape index (κ2) is 5.48. The Morgan fingerprint density at radius 2 is 2.11 bits per heavy atom. The lowest BCUT2D eigenvalue weighted by atomic mass is 10.2. The molecule has 0 radical (unpaired) electrons. The molecule has 1 heterocycles. The average Bonchev–Trinajstić information content (AvgIpc) is 3.12. The van der Waals surface area contributed by atoms with Gasteiger partial charge in [-0.05, 0) is 30.5 Å². The lowest BCUT2D eigenvalue weighted by molar-refractivity contribution is -0.121. The van der Waals surface area contributed by atoms with E-state index in [9.17, 15) is 4.79 Å². The number of ether oxygens (including phenoxy) is 2. The molecule has 0 saturated heterocycles. The summed E-state index contributed by atoms with van der Waals surface area (Å²) in [5, 5.41) is 6.23. The van der Waals surface area contributed by atoms with Gasteiger partial charge in [0, 0.05) is 25.6 Å². The highest BCUT2D eigenvalue weighted by Gasteiger charge is 2.20. The first-order valence-corrected chi connectivity index (χ1v) is 6.70. The molecule has 2 aliphatic rings. The van der Waals surface area contributed by atoms with Crippen LogP contribution in [0.15, 0.2) is 18.2 Å². The van der Waals surface area contributed by atoms with Gasteiger partial charge in [0.25, 0.3) is 0 Å². The standard InChI is InChI=1S/C14H18N2O3/c17-14(5-6-15-11-2-3-11)16-8-10-1-4-12-13(7-10)19-9-18-12/h1,4,7,11,15H,2-3,5-6,8-9H2,(H,16,17). The summed E-state index contributed by atoms with van der Waals surface area (Å²) in [6, 6.07) is 6.38. The van der Waals surface area contributed by atoms with E-state index >= 15 is 0 Å². The third-order valence-corrected chi connectivity index (χ3v) is 3.29. The normalized spacial score (nSPS) is 16.4. The van der Waals surface area contributed by atoms with Crippen molar-refractivity contribution in [3.8, 4) is 11.5 Å². The van der Waals surface area contributed by atoms with Crippen molar-refractivity contribution in [3.05, 3.63) is 23.8 Å². The number of benzene rings is 1. The molecule has 0 unspecified atom stereocenters. The van der Waals surface area contributed by atoms with E-state index in [-0.39, 0.29) is 12.7 Å². The number of fused-ring (bicyclic) bond motifs is 1. The molecular weight excluding hydrogens is 244 g/mol. The van der Waals surface area contributed by atoms with Gasteiger partial charge in [0.05, 0.1) is 0 Å². The van der Waals surface area contributed by atoms with Gasteiger partial charge in [-0.1, -0.05) is 6.07 Å². The maximum atomic E-state index is 11.6. The highest BCUT2D eigenvalue weighted by atomic mass is 16.7. The molecule has 3 rings (SSSR count).